The number of oxime groups is 1. The molecule has 7 nitrogen and oxygen atoms in total. The van der Waals surface area contributed by atoms with E-state index >= 15 is 0 Å². The molecule has 2 rings (SSSR count). The van der Waals surface area contributed by atoms with Crippen LogP contribution in [0.4, 0.5) is 0 Å². The number of nitrogens with one attached hydrogen (secondary N) is 1. The number of aromatic nitrogens is 1. The van der Waals surface area contributed by atoms with Gasteiger partial charge in [0.05, 0.1) is 11.9 Å². The van der Waals surface area contributed by atoms with Gasteiger partial charge in [0.2, 0.25) is 5.96 Å². The Morgan fingerprint density at radius 3 is 2.62 bits per heavy atom. The van der Waals surface area contributed by atoms with E-state index in [1.165, 1.54) is 10.9 Å². The van der Waals surface area contributed by atoms with Gasteiger partial charge in [-0.25, -0.2) is 4.68 Å². The molecule has 1 amide bonds. The van der Waals surface area contributed by atoms with Crippen LogP contribution < -0.4 is 11.1 Å². The fourth-order valence-electron chi connectivity index (χ4n) is 1.56. The number of benzene rings is 1. The number of amides is 1. The van der Waals surface area contributed by atoms with Crippen LogP contribution in [0.1, 0.15) is 16.1 Å². The molecule has 0 aliphatic carbocycles. The summed E-state index contributed by atoms with van der Waals surface area (Å²) in [4.78, 5) is 11.8. The summed E-state index contributed by atoms with van der Waals surface area (Å²) in [5.41, 5.74) is 6.66. The summed E-state index contributed by atoms with van der Waals surface area (Å²) in [5.74, 6) is -0.418. The standard InChI is InChI=1S/C13H13N5O2.ClH/c14-13(16-12(19)10-5-2-1-3-6-10)17-18-8-4-7-11(18)9-15-20;/h1-9,20H,(H3,14,16,17,19);1H/b15-9-;. The maximum atomic E-state index is 11.8. The fourth-order valence-corrected chi connectivity index (χ4v) is 1.56. The van der Waals surface area contributed by atoms with E-state index in [1.54, 1.807) is 42.6 Å². The number of guanidine groups is 1. The molecule has 1 aromatic heterocycles. The Labute approximate surface area is 127 Å². The van der Waals surface area contributed by atoms with Crippen LogP contribution in [0.15, 0.2) is 58.9 Å². The van der Waals surface area contributed by atoms with Crippen LogP contribution in [-0.4, -0.2) is 28.0 Å². The predicted octanol–water partition coefficient (Wildman–Crippen LogP) is 1.23. The van der Waals surface area contributed by atoms with Crippen molar-refractivity contribution in [3.05, 3.63) is 59.9 Å². The van der Waals surface area contributed by atoms with Gasteiger partial charge >= 0.3 is 0 Å². The second-order valence-electron chi connectivity index (χ2n) is 3.83. The minimum Gasteiger partial charge on any atom is -0.411 e. The van der Waals surface area contributed by atoms with Crippen LogP contribution in [-0.2, 0) is 0 Å². The van der Waals surface area contributed by atoms with Gasteiger partial charge < -0.3 is 10.9 Å². The van der Waals surface area contributed by atoms with E-state index in [1.807, 2.05) is 6.07 Å². The van der Waals surface area contributed by atoms with Crippen molar-refractivity contribution in [3.63, 3.8) is 0 Å². The summed E-state index contributed by atoms with van der Waals surface area (Å²) in [6, 6.07) is 12.0. The lowest BCUT2D eigenvalue weighted by molar-refractivity contribution is 0.0976. The van der Waals surface area contributed by atoms with Gasteiger partial charge in [-0.1, -0.05) is 23.4 Å². The topological polar surface area (TPSA) is 105 Å². The summed E-state index contributed by atoms with van der Waals surface area (Å²) in [5, 5.41) is 17.9. The third-order valence-electron chi connectivity index (χ3n) is 2.44. The van der Waals surface area contributed by atoms with E-state index in [0.29, 0.717) is 11.3 Å². The molecule has 8 heteroatoms. The Kier molecular flexibility index (Phi) is 5.97. The molecule has 1 aromatic carbocycles. The van der Waals surface area contributed by atoms with Gasteiger partial charge in [0.1, 0.15) is 0 Å². The second kappa shape index (κ2) is 7.71. The fraction of sp³-hybridized carbons (Fsp3) is 0. The van der Waals surface area contributed by atoms with Crippen LogP contribution in [0.3, 0.4) is 0 Å². The number of nitrogens with zero attached hydrogens (tertiary/aromatic N) is 3. The normalized spacial score (nSPS) is 11.1. The number of rotatable bonds is 3. The van der Waals surface area contributed by atoms with Gasteiger partial charge in [0.25, 0.3) is 5.91 Å². The average Bonchev–Trinajstić information content (AvgIpc) is 2.87. The summed E-state index contributed by atoms with van der Waals surface area (Å²) < 4.78 is 1.38. The van der Waals surface area contributed by atoms with Crippen molar-refractivity contribution in [1.82, 2.24) is 9.99 Å². The first-order valence-corrected chi connectivity index (χ1v) is 5.76. The molecule has 4 N–H and O–H groups in total. The first kappa shape index (κ1) is 16.3. The number of halogens is 1. The van der Waals surface area contributed by atoms with Crippen molar-refractivity contribution in [2.75, 3.05) is 0 Å². The van der Waals surface area contributed by atoms with Crippen LogP contribution in [0, 0.1) is 0 Å². The first-order valence-electron chi connectivity index (χ1n) is 5.76. The molecule has 1 heterocycles. The number of carbonyl (C=O) groups excluding carboxylic acids is 1. The van der Waals surface area contributed by atoms with Crippen molar-refractivity contribution in [1.29, 1.82) is 0 Å². The number of hydrogen-bond donors (Lipinski definition) is 3. The van der Waals surface area contributed by atoms with Crippen molar-refractivity contribution in [2.24, 2.45) is 16.0 Å². The van der Waals surface area contributed by atoms with E-state index in [4.69, 9.17) is 10.9 Å². The zero-order chi connectivity index (χ0) is 14.4. The predicted molar refractivity (Wildman–Crippen MR) is 82.0 cm³/mol. The van der Waals surface area contributed by atoms with E-state index in [-0.39, 0.29) is 24.3 Å². The van der Waals surface area contributed by atoms with Crippen LogP contribution in [0.5, 0.6) is 0 Å². The van der Waals surface area contributed by atoms with Crippen LogP contribution >= 0.6 is 12.4 Å². The molecule has 0 atom stereocenters. The Morgan fingerprint density at radius 2 is 1.95 bits per heavy atom. The molecule has 0 bridgehead atoms. The molecule has 0 unspecified atom stereocenters. The monoisotopic (exact) mass is 307 g/mol. The van der Waals surface area contributed by atoms with Gasteiger partial charge in [0.15, 0.2) is 0 Å². The molecule has 0 radical (unpaired) electrons. The number of carbonyl (C=O) groups is 1. The van der Waals surface area contributed by atoms with Gasteiger partial charge in [-0.3, -0.25) is 10.1 Å². The van der Waals surface area contributed by atoms with Gasteiger partial charge in [-0.05, 0) is 24.3 Å². The smallest absolute Gasteiger partial charge is 0.257 e. The third kappa shape index (κ3) is 4.36. The SMILES string of the molecule is Cl.NC(=Nn1cccc1/C=N\O)NC(=O)c1ccccc1. The number of nitrogens with two attached hydrogens (primary N) is 1. The quantitative estimate of drug-likeness (QED) is 0.344. The highest BCUT2D eigenvalue weighted by Gasteiger charge is 2.06. The van der Waals surface area contributed by atoms with Crippen molar-refractivity contribution < 1.29 is 10.0 Å². The van der Waals surface area contributed by atoms with E-state index in [9.17, 15) is 4.79 Å². The summed E-state index contributed by atoms with van der Waals surface area (Å²) in [6.45, 7) is 0. The molecule has 110 valence electrons. The highest BCUT2D eigenvalue weighted by molar-refractivity contribution is 6.05. The van der Waals surface area contributed by atoms with Gasteiger partial charge in [-0.2, -0.15) is 0 Å². The van der Waals surface area contributed by atoms with E-state index < -0.39 is 0 Å². The van der Waals surface area contributed by atoms with Crippen molar-refractivity contribution >= 4 is 30.5 Å². The Hall–Kier alpha value is -2.80. The zero-order valence-corrected chi connectivity index (χ0v) is 11.7. The minimum absolute atomic E-state index is 0. The molecule has 0 aliphatic rings. The second-order valence-corrected chi connectivity index (χ2v) is 3.83. The van der Waals surface area contributed by atoms with Gasteiger partial charge in [-0.15, -0.1) is 17.5 Å². The van der Waals surface area contributed by atoms with Crippen molar-refractivity contribution in [3.8, 4) is 0 Å². The van der Waals surface area contributed by atoms with Crippen LogP contribution in [0.25, 0.3) is 0 Å². The average molecular weight is 308 g/mol. The molecule has 0 saturated heterocycles. The molecule has 0 fully saturated rings. The molecule has 0 saturated carbocycles. The maximum absolute atomic E-state index is 11.8. The highest BCUT2D eigenvalue weighted by Crippen LogP contribution is 1.99. The van der Waals surface area contributed by atoms with E-state index in [0.717, 1.165) is 0 Å². The highest BCUT2D eigenvalue weighted by atomic mass is 35.5. The summed E-state index contributed by atoms with van der Waals surface area (Å²) >= 11 is 0. The molecule has 2 aromatic rings. The van der Waals surface area contributed by atoms with E-state index in [2.05, 4.69) is 15.6 Å². The third-order valence-corrected chi connectivity index (χ3v) is 2.44. The van der Waals surface area contributed by atoms with Crippen molar-refractivity contribution in [2.45, 2.75) is 0 Å². The molecule has 21 heavy (non-hydrogen) atoms. The summed E-state index contributed by atoms with van der Waals surface area (Å²) in [7, 11) is 0. The lowest BCUT2D eigenvalue weighted by atomic mass is 10.2. The lowest BCUT2D eigenvalue weighted by Gasteiger charge is -2.05. The Balaban J connectivity index is 0.00000220. The number of hydrogen-bond acceptors (Lipinski definition) is 4. The maximum Gasteiger partial charge on any atom is 0.257 e. The Morgan fingerprint density at radius 1 is 1.24 bits per heavy atom. The largest absolute Gasteiger partial charge is 0.411 e. The molecule has 0 aliphatic heterocycles. The summed E-state index contributed by atoms with van der Waals surface area (Å²) in [6.07, 6.45) is 2.81. The minimum atomic E-state index is -0.351. The Bertz CT molecular complexity index is 652. The molecular formula is C13H14ClN5O2. The van der Waals surface area contributed by atoms with Gasteiger partial charge in [0, 0.05) is 11.8 Å². The lowest BCUT2D eigenvalue weighted by Crippen LogP contribution is -2.37. The van der Waals surface area contributed by atoms with Crippen LogP contribution in [0.2, 0.25) is 0 Å². The first-order chi connectivity index (χ1) is 9.70. The zero-order valence-electron chi connectivity index (χ0n) is 10.9. The molecular weight excluding hydrogens is 294 g/mol. The molecule has 0 spiro atoms.